The van der Waals surface area contributed by atoms with Crippen molar-refractivity contribution in [2.24, 2.45) is 0 Å². The number of hydrogen-bond acceptors (Lipinski definition) is 19. The maximum absolute atomic E-state index is 14.0. The Morgan fingerprint density at radius 2 is 1.19 bits per heavy atom. The van der Waals surface area contributed by atoms with Crippen LogP contribution < -0.4 is 10.2 Å². The van der Waals surface area contributed by atoms with Gasteiger partial charge in [-0.25, -0.2) is 9.59 Å². The van der Waals surface area contributed by atoms with Gasteiger partial charge in [0, 0.05) is 17.7 Å². The lowest BCUT2D eigenvalue weighted by Crippen LogP contribution is -2.62. The number of rotatable bonds is 8. The molecule has 11 N–H and O–H groups in total. The van der Waals surface area contributed by atoms with Crippen LogP contribution in [0.4, 0.5) is 0 Å². The van der Waals surface area contributed by atoms with Crippen LogP contribution in [0, 0.1) is 0 Å². The molecule has 0 spiro atoms. The van der Waals surface area contributed by atoms with Crippen LogP contribution in [0.2, 0.25) is 0 Å². The molecule has 5 aromatic rings. The topological polar surface area (TPSA) is 324 Å². The van der Waals surface area contributed by atoms with E-state index in [4.69, 9.17) is 23.4 Å². The van der Waals surface area contributed by atoms with Gasteiger partial charge in [0.25, 0.3) is 0 Å². The highest BCUT2D eigenvalue weighted by atomic mass is 16.7. The fourth-order valence-corrected chi connectivity index (χ4v) is 5.52. The van der Waals surface area contributed by atoms with E-state index in [0.717, 1.165) is 12.1 Å². The molecule has 0 unspecified atom stereocenters. The van der Waals surface area contributed by atoms with Crippen LogP contribution >= 0.6 is 0 Å². The zero-order chi connectivity index (χ0) is 39.2. The fraction of sp³-hybridized carbons (Fsp3) is 0.171. The Hall–Kier alpha value is -7.09. The van der Waals surface area contributed by atoms with Crippen molar-refractivity contribution in [3.8, 4) is 68.8 Å². The van der Waals surface area contributed by atoms with E-state index in [9.17, 15) is 70.6 Å². The minimum Gasteiger partial charge on any atom is -0.508 e. The lowest BCUT2D eigenvalue weighted by molar-refractivity contribution is -0.276. The van der Waals surface area contributed by atoms with Crippen molar-refractivity contribution in [3.05, 3.63) is 82.0 Å². The summed E-state index contributed by atoms with van der Waals surface area (Å²) in [5, 5.41) is 111. The van der Waals surface area contributed by atoms with Gasteiger partial charge in [0.15, 0.2) is 46.4 Å². The summed E-state index contributed by atoms with van der Waals surface area (Å²) in [5.41, 5.74) is -2.64. The second-order valence-electron chi connectivity index (χ2n) is 11.8. The Bertz CT molecular complexity index is 2290. The van der Waals surface area contributed by atoms with Crippen molar-refractivity contribution in [3.63, 3.8) is 0 Å². The van der Waals surface area contributed by atoms with Gasteiger partial charge in [-0.15, -0.1) is 0 Å². The number of fused-ring (bicyclic) bond motifs is 1. The van der Waals surface area contributed by atoms with Crippen molar-refractivity contribution in [1.82, 2.24) is 0 Å². The molecular weight excluding hydrogens is 724 g/mol. The third kappa shape index (κ3) is 6.79. The molecule has 1 saturated heterocycles. The molecule has 1 fully saturated rings. The summed E-state index contributed by atoms with van der Waals surface area (Å²) >= 11 is 0. The minimum atomic E-state index is -2.17. The third-order valence-electron chi connectivity index (χ3n) is 8.18. The predicted octanol–water partition coefficient (Wildman–Crippen LogP) is 1.72. The number of aliphatic hydroxyl groups is 2. The van der Waals surface area contributed by atoms with Gasteiger partial charge in [0.1, 0.15) is 40.4 Å². The van der Waals surface area contributed by atoms with Gasteiger partial charge in [0.2, 0.25) is 23.6 Å². The predicted molar refractivity (Wildman–Crippen MR) is 177 cm³/mol. The Balaban J connectivity index is 1.50. The Morgan fingerprint density at radius 1 is 0.667 bits per heavy atom. The summed E-state index contributed by atoms with van der Waals surface area (Å²) in [6, 6.07) is 9.51. The number of ether oxygens (including phenoxy) is 4. The number of phenols is 9. The first-order valence-electron chi connectivity index (χ1n) is 15.4. The van der Waals surface area contributed by atoms with E-state index >= 15 is 0 Å². The maximum atomic E-state index is 14.0. The van der Waals surface area contributed by atoms with Crippen LogP contribution in [-0.4, -0.2) is 105 Å². The van der Waals surface area contributed by atoms with Gasteiger partial charge in [0.05, 0.1) is 17.7 Å². The van der Waals surface area contributed by atoms with Gasteiger partial charge < -0.3 is 79.5 Å². The molecule has 5 atom stereocenters. The lowest BCUT2D eigenvalue weighted by Gasteiger charge is -2.42. The molecule has 0 saturated carbocycles. The SMILES string of the molecule is O=C(O[C@H]1[C@H](Oc2c(-c3ccc(O)cc3)oc3cc(O)cc(O)c3c2=O)O[C@H](CO)[C@@H](O)[C@@H]1OC(=O)c1cc(O)c(O)c(O)c1)c1cc(O)c(O)c(O)c1. The van der Waals surface area contributed by atoms with Gasteiger partial charge in [-0.1, -0.05) is 0 Å². The van der Waals surface area contributed by atoms with Gasteiger partial charge in [-0.05, 0) is 48.5 Å². The smallest absolute Gasteiger partial charge is 0.339 e. The molecule has 0 aliphatic carbocycles. The summed E-state index contributed by atoms with van der Waals surface area (Å²) in [5.74, 6) is -11.4. The quantitative estimate of drug-likeness (QED) is 0.0794. The molecule has 19 heteroatoms. The van der Waals surface area contributed by atoms with Gasteiger partial charge in [-0.2, -0.15) is 0 Å². The number of carbonyl (C=O) groups is 2. The zero-order valence-electron chi connectivity index (χ0n) is 27.1. The second kappa shape index (κ2) is 14.1. The fourth-order valence-electron chi connectivity index (χ4n) is 5.52. The van der Waals surface area contributed by atoms with E-state index in [2.05, 4.69) is 0 Å². The number of esters is 2. The summed E-state index contributed by atoms with van der Waals surface area (Å²) in [4.78, 5) is 40.9. The van der Waals surface area contributed by atoms with E-state index in [-0.39, 0.29) is 16.9 Å². The molecule has 0 bridgehead atoms. The minimum absolute atomic E-state index is 0.0534. The molecule has 4 aromatic carbocycles. The van der Waals surface area contributed by atoms with Crippen LogP contribution in [-0.2, 0) is 14.2 Å². The average Bonchev–Trinajstić information content (AvgIpc) is 3.12. The molecule has 2 heterocycles. The molecule has 1 aliphatic rings. The molecule has 0 amide bonds. The number of aliphatic hydroxyl groups excluding tert-OH is 2. The lowest BCUT2D eigenvalue weighted by atomic mass is 9.98. The standard InChI is InChI=1S/C35H28O19/c36-11-23-27(46)30(52-33(48)13-5-18(40)25(44)19(41)6-13)32(53-34(49)14-7-20(42)26(45)21(43)8-14)35(51-23)54-31-28(47)24-17(39)9-16(38)10-22(24)50-29(31)12-1-3-15(37)4-2-12/h1-10,23,27,30,32,35-46H,11H2/t23-,27-,30+,32-,35+/m1/s1. The van der Waals surface area contributed by atoms with E-state index in [1.807, 2.05) is 0 Å². The molecular formula is C35H28O19. The number of aromatic hydroxyl groups is 9. The number of phenolic OH excluding ortho intramolecular Hbond substituents is 9. The molecule has 19 nitrogen and oxygen atoms in total. The largest absolute Gasteiger partial charge is 0.508 e. The summed E-state index contributed by atoms with van der Waals surface area (Å²) in [7, 11) is 0. The number of carbonyl (C=O) groups excluding carboxylic acids is 2. The summed E-state index contributed by atoms with van der Waals surface area (Å²) in [6.07, 6.45) is -10.3. The zero-order valence-corrected chi connectivity index (χ0v) is 27.1. The van der Waals surface area contributed by atoms with Crippen LogP contribution in [0.1, 0.15) is 20.7 Å². The molecule has 0 radical (unpaired) electrons. The normalized spacial score (nSPS) is 19.6. The van der Waals surface area contributed by atoms with Crippen LogP contribution in [0.15, 0.2) is 69.9 Å². The maximum Gasteiger partial charge on any atom is 0.339 e. The summed E-state index contributed by atoms with van der Waals surface area (Å²) in [6.45, 7) is -1.02. The average molecular weight is 753 g/mol. The van der Waals surface area contributed by atoms with Crippen molar-refractivity contribution in [2.75, 3.05) is 6.61 Å². The molecule has 6 rings (SSSR count). The Labute approximate surface area is 300 Å². The molecule has 282 valence electrons. The van der Waals surface area contributed by atoms with Crippen molar-refractivity contribution in [2.45, 2.75) is 30.7 Å². The second-order valence-corrected chi connectivity index (χ2v) is 11.8. The number of benzene rings is 4. The van der Waals surface area contributed by atoms with Gasteiger partial charge in [-0.3, -0.25) is 4.79 Å². The first kappa shape index (κ1) is 36.7. The highest BCUT2D eigenvalue weighted by Gasteiger charge is 2.52. The van der Waals surface area contributed by atoms with Crippen molar-refractivity contribution >= 4 is 22.9 Å². The van der Waals surface area contributed by atoms with Gasteiger partial charge >= 0.3 is 11.9 Å². The van der Waals surface area contributed by atoms with E-state index in [1.54, 1.807) is 0 Å². The molecule has 54 heavy (non-hydrogen) atoms. The highest BCUT2D eigenvalue weighted by Crippen LogP contribution is 2.40. The van der Waals surface area contributed by atoms with E-state index in [1.165, 1.54) is 24.3 Å². The molecule has 1 aromatic heterocycles. The molecule has 1 aliphatic heterocycles. The van der Waals surface area contributed by atoms with Crippen molar-refractivity contribution < 1.29 is 89.1 Å². The highest BCUT2D eigenvalue weighted by molar-refractivity contribution is 5.92. The van der Waals surface area contributed by atoms with E-state index < -0.39 is 129 Å². The monoisotopic (exact) mass is 752 g/mol. The first-order chi connectivity index (χ1) is 25.6. The van der Waals surface area contributed by atoms with Crippen LogP contribution in [0.3, 0.4) is 0 Å². The van der Waals surface area contributed by atoms with Crippen LogP contribution in [0.5, 0.6) is 57.5 Å². The third-order valence-corrected chi connectivity index (χ3v) is 8.18. The Morgan fingerprint density at radius 3 is 1.70 bits per heavy atom. The number of hydrogen-bond donors (Lipinski definition) is 11. The Kier molecular flexibility index (Phi) is 9.61. The van der Waals surface area contributed by atoms with Crippen molar-refractivity contribution in [1.29, 1.82) is 0 Å². The summed E-state index contributed by atoms with van der Waals surface area (Å²) < 4.78 is 28.5. The van der Waals surface area contributed by atoms with Crippen LogP contribution in [0.25, 0.3) is 22.3 Å². The first-order valence-corrected chi connectivity index (χ1v) is 15.4. The van der Waals surface area contributed by atoms with E-state index in [0.29, 0.717) is 24.3 Å².